The Bertz CT molecular complexity index is 1630. The van der Waals surface area contributed by atoms with E-state index in [9.17, 15) is 18.4 Å². The minimum atomic E-state index is -4.70. The van der Waals surface area contributed by atoms with E-state index in [0.717, 1.165) is 35.1 Å². The number of hydrogen-bond donors (Lipinski definition) is 2. The number of alkyl halides is 3. The maximum atomic E-state index is 13.5. The highest BCUT2D eigenvalue weighted by atomic mass is 19.4. The number of rotatable bonds is 10. The molecule has 1 saturated heterocycles. The molecule has 5 heterocycles. The second-order valence-corrected chi connectivity index (χ2v) is 11.6. The maximum absolute atomic E-state index is 13.5. The van der Waals surface area contributed by atoms with Gasteiger partial charge in [-0.2, -0.15) is 28.5 Å². The highest BCUT2D eigenvalue weighted by Gasteiger charge is 2.48. The first kappa shape index (κ1) is 29.9. The van der Waals surface area contributed by atoms with Crippen molar-refractivity contribution in [3.05, 3.63) is 48.6 Å². The number of aromatic nitrogens is 7. The van der Waals surface area contributed by atoms with Crippen molar-refractivity contribution in [3.63, 3.8) is 0 Å². The normalized spacial score (nSPS) is 20.5. The molecule has 2 N–H and O–H groups in total. The van der Waals surface area contributed by atoms with Crippen LogP contribution in [0.15, 0.2) is 37.1 Å². The molecule has 1 aliphatic heterocycles. The lowest BCUT2D eigenvalue weighted by atomic mass is 9.82. The molecule has 2 fully saturated rings. The maximum Gasteiger partial charge on any atom is 0.451 e. The number of fused-ring (bicyclic) bond motifs is 1. The van der Waals surface area contributed by atoms with Crippen molar-refractivity contribution in [1.29, 1.82) is 5.26 Å². The summed E-state index contributed by atoms with van der Waals surface area (Å²) in [6.45, 7) is 1.66. The third-order valence-electron chi connectivity index (χ3n) is 8.47. The van der Waals surface area contributed by atoms with Gasteiger partial charge >= 0.3 is 6.18 Å². The average molecular weight is 611 g/mol. The van der Waals surface area contributed by atoms with Crippen molar-refractivity contribution in [2.24, 2.45) is 0 Å². The van der Waals surface area contributed by atoms with Gasteiger partial charge in [-0.15, -0.1) is 0 Å². The fraction of sp³-hybridized carbons (Fsp3) is 0.517. The molecule has 4 aromatic rings. The zero-order valence-corrected chi connectivity index (χ0v) is 24.2. The van der Waals surface area contributed by atoms with E-state index in [1.54, 1.807) is 18.1 Å². The second-order valence-electron chi connectivity index (χ2n) is 11.6. The molecule has 15 heteroatoms. The number of H-pyrrole nitrogens is 1. The zero-order valence-electron chi connectivity index (χ0n) is 24.2. The molecule has 0 amide bonds. The number of ether oxygens (including phenoxy) is 1. The van der Waals surface area contributed by atoms with Crippen LogP contribution in [0.5, 0.6) is 5.88 Å². The van der Waals surface area contributed by atoms with Gasteiger partial charge in [0.1, 0.15) is 23.6 Å². The molecule has 1 saturated carbocycles. The first-order chi connectivity index (χ1) is 21.2. The molecule has 0 atom stereocenters. The van der Waals surface area contributed by atoms with E-state index in [2.05, 4.69) is 41.0 Å². The molecule has 4 aromatic heterocycles. The Morgan fingerprint density at radius 1 is 1.20 bits per heavy atom. The van der Waals surface area contributed by atoms with Crippen LogP contribution in [-0.2, 0) is 18.3 Å². The van der Waals surface area contributed by atoms with Gasteiger partial charge in [0.05, 0.1) is 36.7 Å². The van der Waals surface area contributed by atoms with E-state index in [-0.39, 0.29) is 36.9 Å². The lowest BCUT2D eigenvalue weighted by Gasteiger charge is -2.53. The number of likely N-dealkylation sites (tertiary alicyclic amines) is 1. The lowest BCUT2D eigenvalue weighted by molar-refractivity contribution is -0.145. The predicted molar refractivity (Wildman–Crippen MR) is 152 cm³/mol. The fourth-order valence-electron chi connectivity index (χ4n) is 6.23. The summed E-state index contributed by atoms with van der Waals surface area (Å²) in [5.74, 6) is -1.32. The number of halogens is 3. The van der Waals surface area contributed by atoms with E-state index < -0.39 is 17.5 Å². The first-order valence-corrected chi connectivity index (χ1v) is 14.5. The summed E-state index contributed by atoms with van der Waals surface area (Å²) in [5.41, 5.74) is 2.11. The molecule has 12 nitrogen and oxygen atoms in total. The molecule has 6 rings (SSSR count). The minimum Gasteiger partial charge on any atom is -0.474 e. The Morgan fingerprint density at radius 3 is 2.73 bits per heavy atom. The number of aliphatic hydroxyl groups excluding tert-OH is 1. The molecular weight excluding hydrogens is 577 g/mol. The number of likely N-dealkylation sites (N-methyl/N-ethyl adjacent to an activating group) is 1. The van der Waals surface area contributed by atoms with Crippen LogP contribution >= 0.6 is 0 Å². The average Bonchev–Trinajstić information content (AvgIpc) is 3.65. The van der Waals surface area contributed by atoms with Gasteiger partial charge in [0, 0.05) is 61.6 Å². The van der Waals surface area contributed by atoms with Gasteiger partial charge in [-0.05, 0) is 38.8 Å². The standard InChI is InChI=1S/C29H33F3N10O2/c1-40(10-11-43)15-20-12-24(39-27(38-20)29(30,31)32)44-22-4-2-21(3-5-22)41-16-28(17-41,7-8-33)42-14-19(13-37-42)25-23-6-9-34-26(23)36-18-35-25/h6,9,12-14,18,21-22,43H,2-5,7,10-11,15-17H2,1H3,(H,34,35,36)/t21-,22+. The van der Waals surface area contributed by atoms with E-state index in [1.807, 2.05) is 23.1 Å². The van der Waals surface area contributed by atoms with Gasteiger partial charge in [-0.1, -0.05) is 0 Å². The van der Waals surface area contributed by atoms with Crippen LogP contribution in [0.3, 0.4) is 0 Å². The summed E-state index contributed by atoms with van der Waals surface area (Å²) in [6.07, 6.45) is 5.37. The largest absolute Gasteiger partial charge is 0.474 e. The van der Waals surface area contributed by atoms with Crippen molar-refractivity contribution in [2.75, 3.05) is 33.3 Å². The van der Waals surface area contributed by atoms with Gasteiger partial charge in [0.15, 0.2) is 0 Å². The van der Waals surface area contributed by atoms with Crippen molar-refractivity contribution in [2.45, 2.75) is 62.5 Å². The van der Waals surface area contributed by atoms with Crippen LogP contribution in [0, 0.1) is 11.3 Å². The Hall–Kier alpha value is -4.13. The summed E-state index contributed by atoms with van der Waals surface area (Å²) in [4.78, 5) is 23.2. The molecule has 0 radical (unpaired) electrons. The fourth-order valence-corrected chi connectivity index (χ4v) is 6.23. The molecule has 0 bridgehead atoms. The number of nitriles is 1. The molecule has 232 valence electrons. The number of hydrogen-bond acceptors (Lipinski definition) is 10. The minimum absolute atomic E-state index is 0.0877. The number of aliphatic hydroxyl groups is 1. The Morgan fingerprint density at radius 2 is 2.00 bits per heavy atom. The van der Waals surface area contributed by atoms with E-state index in [1.165, 1.54) is 12.4 Å². The van der Waals surface area contributed by atoms with Crippen molar-refractivity contribution >= 4 is 11.0 Å². The number of nitrogens with zero attached hydrogens (tertiary/aromatic N) is 9. The van der Waals surface area contributed by atoms with Gasteiger partial charge in [-0.25, -0.2) is 15.0 Å². The Labute approximate surface area is 251 Å². The Kier molecular flexibility index (Phi) is 8.23. The molecule has 0 unspecified atom stereocenters. The lowest BCUT2D eigenvalue weighted by Crippen LogP contribution is -2.65. The number of nitrogens with one attached hydrogen (secondary N) is 1. The summed E-state index contributed by atoms with van der Waals surface area (Å²) in [7, 11) is 1.69. The molecule has 44 heavy (non-hydrogen) atoms. The van der Waals surface area contributed by atoms with Gasteiger partial charge in [-0.3, -0.25) is 14.5 Å². The summed E-state index contributed by atoms with van der Waals surface area (Å²) < 4.78 is 48.4. The van der Waals surface area contributed by atoms with Crippen LogP contribution in [0.25, 0.3) is 22.3 Å². The molecule has 1 aliphatic carbocycles. The van der Waals surface area contributed by atoms with Crippen molar-refractivity contribution < 1.29 is 23.0 Å². The van der Waals surface area contributed by atoms with Crippen LogP contribution in [0.4, 0.5) is 13.2 Å². The second kappa shape index (κ2) is 12.1. The zero-order chi connectivity index (χ0) is 30.9. The quantitative estimate of drug-likeness (QED) is 0.274. The third kappa shape index (κ3) is 6.10. The molecular formula is C29H33F3N10O2. The Balaban J connectivity index is 1.08. The van der Waals surface area contributed by atoms with Crippen LogP contribution in [0.2, 0.25) is 0 Å². The van der Waals surface area contributed by atoms with E-state index in [4.69, 9.17) is 9.84 Å². The molecule has 2 aliphatic rings. The van der Waals surface area contributed by atoms with Gasteiger partial charge in [0.25, 0.3) is 0 Å². The monoisotopic (exact) mass is 610 g/mol. The molecule has 0 spiro atoms. The highest BCUT2D eigenvalue weighted by Crippen LogP contribution is 2.39. The van der Waals surface area contributed by atoms with Crippen LogP contribution in [-0.4, -0.2) is 95.0 Å². The van der Waals surface area contributed by atoms with Crippen molar-refractivity contribution in [1.82, 2.24) is 44.5 Å². The summed E-state index contributed by atoms with van der Waals surface area (Å²) in [6, 6.07) is 5.98. The third-order valence-corrected chi connectivity index (χ3v) is 8.47. The van der Waals surface area contributed by atoms with Crippen LogP contribution < -0.4 is 4.74 Å². The summed E-state index contributed by atoms with van der Waals surface area (Å²) >= 11 is 0. The smallest absolute Gasteiger partial charge is 0.451 e. The summed E-state index contributed by atoms with van der Waals surface area (Å²) in [5, 5.41) is 24.3. The van der Waals surface area contributed by atoms with Crippen molar-refractivity contribution in [3.8, 4) is 23.2 Å². The predicted octanol–water partition coefficient (Wildman–Crippen LogP) is 3.37. The number of aromatic amines is 1. The van der Waals surface area contributed by atoms with Crippen LogP contribution in [0.1, 0.15) is 43.6 Å². The van der Waals surface area contributed by atoms with Gasteiger partial charge < -0.3 is 14.8 Å². The topological polar surface area (TPSA) is 145 Å². The highest BCUT2D eigenvalue weighted by molar-refractivity contribution is 5.90. The van der Waals surface area contributed by atoms with Gasteiger partial charge in [0.2, 0.25) is 11.7 Å². The SMILES string of the molecule is CN(CCO)Cc1cc(O[C@H]2CC[C@@H](N3CC(CC#N)(n4cc(-c5ncnc6[nH]ccc56)cn4)C3)CC2)nc(C(F)(F)F)n1. The van der Waals surface area contributed by atoms with E-state index in [0.29, 0.717) is 38.9 Å². The molecule has 0 aromatic carbocycles. The van der Waals surface area contributed by atoms with E-state index >= 15 is 0 Å². The first-order valence-electron chi connectivity index (χ1n) is 14.5.